The number of carbonyl (C=O) groups excluding carboxylic acids is 1. The molecule has 1 atom stereocenters. The Kier molecular flexibility index (Phi) is 4.88. The molecule has 2 heterocycles. The lowest BCUT2D eigenvalue weighted by Gasteiger charge is -2.22. The van der Waals surface area contributed by atoms with E-state index in [1.807, 2.05) is 30.7 Å². The van der Waals surface area contributed by atoms with Crippen LogP contribution in [0.5, 0.6) is 0 Å². The molecule has 0 saturated carbocycles. The Balaban J connectivity index is 1.88. The average Bonchev–Trinajstić information content (AvgIpc) is 2.92. The molecule has 3 rings (SSSR count). The minimum absolute atomic E-state index is 0.194. The minimum atomic E-state index is -3.29. The first-order valence-electron chi connectivity index (χ1n) is 8.66. The van der Waals surface area contributed by atoms with Gasteiger partial charge in [-0.3, -0.25) is 4.79 Å². The van der Waals surface area contributed by atoms with E-state index in [4.69, 9.17) is 0 Å². The van der Waals surface area contributed by atoms with Crippen LogP contribution in [-0.2, 0) is 14.6 Å². The third-order valence-electron chi connectivity index (χ3n) is 4.83. The van der Waals surface area contributed by atoms with Crippen molar-refractivity contribution in [2.24, 2.45) is 5.92 Å². The molecule has 26 heavy (non-hydrogen) atoms. The van der Waals surface area contributed by atoms with Crippen molar-refractivity contribution >= 4 is 32.6 Å². The summed E-state index contributed by atoms with van der Waals surface area (Å²) in [6, 6.07) is 4.93. The van der Waals surface area contributed by atoms with Crippen LogP contribution >= 0.6 is 0 Å². The summed E-state index contributed by atoms with van der Waals surface area (Å²) in [4.78, 5) is 25.1. The quantitative estimate of drug-likeness (QED) is 0.789. The number of hydrogen-bond donors (Lipinski definition) is 0. The molecule has 7 nitrogen and oxygen atoms in total. The summed E-state index contributed by atoms with van der Waals surface area (Å²) in [5, 5.41) is 0.836. The number of hydrogen-bond acceptors (Lipinski definition) is 6. The molecule has 1 saturated heterocycles. The Morgan fingerprint density at radius 2 is 2.04 bits per heavy atom. The minimum Gasteiger partial charge on any atom is -0.344 e. The van der Waals surface area contributed by atoms with Gasteiger partial charge in [-0.1, -0.05) is 0 Å². The fourth-order valence-corrected chi connectivity index (χ4v) is 4.05. The number of rotatable bonds is 5. The normalized spacial score (nSPS) is 17.9. The fourth-order valence-electron chi connectivity index (χ4n) is 3.40. The number of amides is 1. The van der Waals surface area contributed by atoms with Crippen LogP contribution in [0.4, 0.5) is 5.95 Å². The van der Waals surface area contributed by atoms with Gasteiger partial charge in [0, 0.05) is 50.7 Å². The number of nitrogens with zero attached hydrogens (tertiary/aromatic N) is 4. The smallest absolute Gasteiger partial charge is 0.225 e. The molecule has 1 fully saturated rings. The van der Waals surface area contributed by atoms with E-state index in [1.165, 1.54) is 6.26 Å². The molecule has 1 aromatic heterocycles. The van der Waals surface area contributed by atoms with Gasteiger partial charge in [-0.2, -0.15) is 0 Å². The van der Waals surface area contributed by atoms with E-state index < -0.39 is 9.84 Å². The third-order valence-corrected chi connectivity index (χ3v) is 5.94. The van der Waals surface area contributed by atoms with Crippen LogP contribution in [0.2, 0.25) is 0 Å². The van der Waals surface area contributed by atoms with Crippen LogP contribution in [0.15, 0.2) is 23.1 Å². The first-order valence-corrected chi connectivity index (χ1v) is 10.6. The van der Waals surface area contributed by atoms with Crippen molar-refractivity contribution in [2.45, 2.75) is 25.2 Å². The van der Waals surface area contributed by atoms with Crippen molar-refractivity contribution in [3.63, 3.8) is 0 Å². The Morgan fingerprint density at radius 1 is 1.31 bits per heavy atom. The number of carbonyl (C=O) groups is 1. The van der Waals surface area contributed by atoms with E-state index in [0.29, 0.717) is 24.4 Å². The maximum atomic E-state index is 11.9. The predicted molar refractivity (Wildman–Crippen MR) is 101 cm³/mol. The molecule has 0 aliphatic carbocycles. The lowest BCUT2D eigenvalue weighted by Crippen LogP contribution is -2.29. The number of fused-ring (bicyclic) bond motifs is 1. The summed E-state index contributed by atoms with van der Waals surface area (Å²) in [6.45, 7) is 6.04. The Morgan fingerprint density at radius 3 is 2.65 bits per heavy atom. The second-order valence-corrected chi connectivity index (χ2v) is 8.96. The monoisotopic (exact) mass is 376 g/mol. The largest absolute Gasteiger partial charge is 0.344 e. The fraction of sp³-hybridized carbons (Fsp3) is 0.500. The molecule has 1 aromatic carbocycles. The van der Waals surface area contributed by atoms with Crippen molar-refractivity contribution in [3.05, 3.63) is 23.9 Å². The standard InChI is InChI=1S/C18H24N4O3S/c1-5-22-11-13(8-17(22)23)10-21(3)18-19-12(2)15-7-6-14(26(4,24)25)9-16(15)20-18/h6-7,9,13H,5,8,10-11H2,1-4H3. The summed E-state index contributed by atoms with van der Waals surface area (Å²) in [6.07, 6.45) is 1.73. The highest BCUT2D eigenvalue weighted by Crippen LogP contribution is 2.24. The Labute approximate surface area is 154 Å². The molecule has 1 aliphatic heterocycles. The lowest BCUT2D eigenvalue weighted by molar-refractivity contribution is -0.127. The zero-order chi connectivity index (χ0) is 19.1. The van der Waals surface area contributed by atoms with Gasteiger partial charge in [0.25, 0.3) is 0 Å². The number of aromatic nitrogens is 2. The second kappa shape index (κ2) is 6.83. The Bertz CT molecular complexity index is 958. The average molecular weight is 376 g/mol. The third kappa shape index (κ3) is 3.65. The molecule has 1 unspecified atom stereocenters. The summed E-state index contributed by atoms with van der Waals surface area (Å²) in [7, 11) is -1.39. The number of aryl methyl sites for hydroxylation is 1. The highest BCUT2D eigenvalue weighted by atomic mass is 32.2. The highest BCUT2D eigenvalue weighted by Gasteiger charge is 2.29. The highest BCUT2D eigenvalue weighted by molar-refractivity contribution is 7.90. The maximum Gasteiger partial charge on any atom is 0.225 e. The summed E-state index contributed by atoms with van der Waals surface area (Å²) < 4.78 is 23.6. The van der Waals surface area contributed by atoms with Crippen molar-refractivity contribution in [1.29, 1.82) is 0 Å². The van der Waals surface area contributed by atoms with Crippen LogP contribution in [0.1, 0.15) is 19.0 Å². The van der Waals surface area contributed by atoms with Crippen LogP contribution in [0.3, 0.4) is 0 Å². The van der Waals surface area contributed by atoms with Crippen molar-refractivity contribution in [2.75, 3.05) is 37.8 Å². The van der Waals surface area contributed by atoms with Crippen LogP contribution < -0.4 is 4.90 Å². The first-order chi connectivity index (χ1) is 12.2. The molecular formula is C18H24N4O3S. The number of anilines is 1. The first kappa shape index (κ1) is 18.6. The van der Waals surface area contributed by atoms with Gasteiger partial charge in [-0.15, -0.1) is 0 Å². The van der Waals surface area contributed by atoms with Gasteiger partial charge in [0.05, 0.1) is 16.1 Å². The molecule has 0 spiro atoms. The maximum absolute atomic E-state index is 11.9. The van der Waals surface area contributed by atoms with Gasteiger partial charge in [-0.05, 0) is 32.0 Å². The van der Waals surface area contributed by atoms with E-state index in [-0.39, 0.29) is 16.7 Å². The van der Waals surface area contributed by atoms with Gasteiger partial charge in [0.1, 0.15) is 0 Å². The lowest BCUT2D eigenvalue weighted by atomic mass is 10.1. The van der Waals surface area contributed by atoms with Crippen molar-refractivity contribution in [3.8, 4) is 0 Å². The summed E-state index contributed by atoms with van der Waals surface area (Å²) in [5.74, 6) is 0.983. The molecule has 8 heteroatoms. The topological polar surface area (TPSA) is 83.5 Å². The van der Waals surface area contributed by atoms with Crippen molar-refractivity contribution < 1.29 is 13.2 Å². The van der Waals surface area contributed by atoms with Gasteiger partial charge in [-0.25, -0.2) is 18.4 Å². The van der Waals surface area contributed by atoms with E-state index >= 15 is 0 Å². The van der Waals surface area contributed by atoms with Crippen molar-refractivity contribution in [1.82, 2.24) is 14.9 Å². The zero-order valence-electron chi connectivity index (χ0n) is 15.6. The predicted octanol–water partition coefficient (Wildman–Crippen LogP) is 1.65. The van der Waals surface area contributed by atoms with Gasteiger partial charge >= 0.3 is 0 Å². The molecular weight excluding hydrogens is 352 g/mol. The summed E-state index contributed by atoms with van der Waals surface area (Å²) >= 11 is 0. The van der Waals surface area contributed by atoms with E-state index in [9.17, 15) is 13.2 Å². The SMILES string of the molecule is CCN1CC(CN(C)c2nc(C)c3ccc(S(C)(=O)=O)cc3n2)CC1=O. The molecule has 140 valence electrons. The molecule has 2 aromatic rings. The van der Waals surface area contributed by atoms with E-state index in [2.05, 4.69) is 9.97 Å². The molecule has 1 aliphatic rings. The zero-order valence-corrected chi connectivity index (χ0v) is 16.4. The van der Waals surface area contributed by atoms with E-state index in [1.54, 1.807) is 18.2 Å². The van der Waals surface area contributed by atoms with E-state index in [0.717, 1.165) is 24.2 Å². The van der Waals surface area contributed by atoms with Crippen LogP contribution in [-0.4, -0.2) is 62.1 Å². The second-order valence-electron chi connectivity index (χ2n) is 6.94. The molecule has 1 amide bonds. The summed E-state index contributed by atoms with van der Waals surface area (Å²) in [5.41, 5.74) is 1.41. The number of benzene rings is 1. The van der Waals surface area contributed by atoms with Gasteiger partial charge in [0.15, 0.2) is 9.84 Å². The number of likely N-dealkylation sites (tertiary alicyclic amines) is 1. The molecule has 0 radical (unpaired) electrons. The van der Waals surface area contributed by atoms with Gasteiger partial charge < -0.3 is 9.80 Å². The Hall–Kier alpha value is -2.22. The number of sulfone groups is 1. The molecule has 0 bridgehead atoms. The molecule has 0 N–H and O–H groups in total. The van der Waals surface area contributed by atoms with Crippen LogP contribution in [0.25, 0.3) is 10.9 Å². The van der Waals surface area contributed by atoms with Crippen LogP contribution in [0, 0.1) is 12.8 Å². The van der Waals surface area contributed by atoms with Gasteiger partial charge in [0.2, 0.25) is 11.9 Å².